The maximum Gasteiger partial charge on any atom is 0.202 e. The Balaban J connectivity index is 1.64. The van der Waals surface area contributed by atoms with Gasteiger partial charge in [0.25, 0.3) is 0 Å². The smallest absolute Gasteiger partial charge is 0.202 e. The number of carbonyl (C=O) groups excluding carboxylic acids is 2. The summed E-state index contributed by atoms with van der Waals surface area (Å²) in [6.07, 6.45) is -4.50. The maximum absolute atomic E-state index is 13.5. The van der Waals surface area contributed by atoms with E-state index in [1.165, 1.54) is 6.07 Å². The van der Waals surface area contributed by atoms with Gasteiger partial charge in [-0.3, -0.25) is 9.59 Å². The van der Waals surface area contributed by atoms with Crippen LogP contribution in [0.3, 0.4) is 0 Å². The number of benzene rings is 2. The van der Waals surface area contributed by atoms with Gasteiger partial charge in [0, 0.05) is 30.0 Å². The molecule has 0 bridgehead atoms. The van der Waals surface area contributed by atoms with Crippen molar-refractivity contribution < 1.29 is 49.7 Å². The second-order valence-electron chi connectivity index (χ2n) is 10.9. The molecular weight excluding hydrogens is 510 g/mol. The van der Waals surface area contributed by atoms with Crippen molar-refractivity contribution in [1.82, 2.24) is 4.90 Å². The summed E-state index contributed by atoms with van der Waals surface area (Å²) in [5.74, 6) is -3.46. The lowest BCUT2D eigenvalue weighted by atomic mass is 9.71. The molecule has 0 aromatic heterocycles. The Morgan fingerprint density at radius 2 is 1.67 bits per heavy atom. The number of carbonyl (C=O) groups is 2. The van der Waals surface area contributed by atoms with Gasteiger partial charge in [-0.25, -0.2) is 0 Å². The predicted octanol–water partition coefficient (Wildman–Crippen LogP) is 1.64. The Kier molecular flexibility index (Phi) is 6.73. The average Bonchev–Trinajstić information content (AvgIpc) is 2.88. The van der Waals surface area contributed by atoms with Crippen molar-refractivity contribution in [3.63, 3.8) is 0 Å². The Bertz CT molecular complexity index is 1360. The van der Waals surface area contributed by atoms with E-state index >= 15 is 0 Å². The van der Waals surface area contributed by atoms with E-state index in [4.69, 9.17) is 9.47 Å². The largest absolute Gasteiger partial charge is 0.507 e. The molecular formula is C28H33NO10. The molecule has 2 aliphatic carbocycles. The molecule has 3 aliphatic rings. The molecule has 2 aromatic carbocycles. The summed E-state index contributed by atoms with van der Waals surface area (Å²) >= 11 is 0. The minimum absolute atomic E-state index is 0.0787. The summed E-state index contributed by atoms with van der Waals surface area (Å²) in [7, 11) is 3.64. The third-order valence-corrected chi connectivity index (χ3v) is 8.39. The van der Waals surface area contributed by atoms with Crippen LogP contribution < -0.4 is 0 Å². The fourth-order valence-electron chi connectivity index (χ4n) is 6.05. The van der Waals surface area contributed by atoms with E-state index in [0.717, 1.165) is 12.1 Å². The number of aliphatic hydroxyl groups excluding tert-OH is 2. The molecule has 11 nitrogen and oxygen atoms in total. The molecule has 2 aromatic rings. The van der Waals surface area contributed by atoms with E-state index < -0.39 is 81.8 Å². The predicted molar refractivity (Wildman–Crippen MR) is 136 cm³/mol. The highest BCUT2D eigenvalue weighted by atomic mass is 16.7. The van der Waals surface area contributed by atoms with Crippen molar-refractivity contribution >= 4 is 11.6 Å². The van der Waals surface area contributed by atoms with E-state index in [0.29, 0.717) is 0 Å². The van der Waals surface area contributed by atoms with Crippen LogP contribution in [0.5, 0.6) is 17.2 Å². The SMILES string of the molecule is CC[C@@]1(O)C[C@H](O[C@H]2C[C@H](N(C)C)[C@H](O)[C@H](C)O2)c2cc3c(c(O)c2[C@H]1O)C(=O)c1c(O)ccc(O)c1C3=O. The highest BCUT2D eigenvalue weighted by molar-refractivity contribution is 6.31. The number of ether oxygens (including phenoxy) is 2. The van der Waals surface area contributed by atoms with Crippen LogP contribution in [0, 0.1) is 0 Å². The fraction of sp³-hybridized carbons (Fsp3) is 0.500. The van der Waals surface area contributed by atoms with Crippen molar-refractivity contribution in [3.05, 3.63) is 51.6 Å². The second kappa shape index (κ2) is 9.54. The summed E-state index contributed by atoms with van der Waals surface area (Å²) in [5, 5.41) is 65.1. The van der Waals surface area contributed by atoms with Crippen LogP contribution >= 0.6 is 0 Å². The second-order valence-corrected chi connectivity index (χ2v) is 10.9. The number of nitrogens with zero attached hydrogens (tertiary/aromatic N) is 1. The van der Waals surface area contributed by atoms with Crippen LogP contribution in [-0.2, 0) is 9.47 Å². The molecule has 1 aliphatic heterocycles. The third-order valence-electron chi connectivity index (χ3n) is 8.39. The number of ketones is 2. The zero-order valence-electron chi connectivity index (χ0n) is 22.1. The normalized spacial score (nSPS) is 32.1. The summed E-state index contributed by atoms with van der Waals surface area (Å²) < 4.78 is 12.2. The molecule has 210 valence electrons. The maximum atomic E-state index is 13.5. The lowest BCUT2D eigenvalue weighted by Crippen LogP contribution is -2.54. The van der Waals surface area contributed by atoms with Gasteiger partial charge in [-0.2, -0.15) is 0 Å². The summed E-state index contributed by atoms with van der Waals surface area (Å²) in [4.78, 5) is 28.8. The van der Waals surface area contributed by atoms with Crippen LogP contribution in [0.4, 0.5) is 0 Å². The fourth-order valence-corrected chi connectivity index (χ4v) is 6.05. The zero-order chi connectivity index (χ0) is 28.5. The molecule has 7 atom stereocenters. The molecule has 1 heterocycles. The Hall–Kier alpha value is -3.06. The Morgan fingerprint density at radius 3 is 2.26 bits per heavy atom. The van der Waals surface area contributed by atoms with Gasteiger partial charge in [0.2, 0.25) is 5.78 Å². The molecule has 0 spiro atoms. The van der Waals surface area contributed by atoms with E-state index in [1.807, 2.05) is 19.0 Å². The number of hydrogen-bond donors (Lipinski definition) is 6. The lowest BCUT2D eigenvalue weighted by Gasteiger charge is -2.45. The Labute approximate surface area is 224 Å². The van der Waals surface area contributed by atoms with E-state index in [9.17, 15) is 40.2 Å². The number of fused-ring (bicyclic) bond motifs is 3. The van der Waals surface area contributed by atoms with Gasteiger partial charge in [-0.05, 0) is 51.2 Å². The Morgan fingerprint density at radius 1 is 1.05 bits per heavy atom. The minimum atomic E-state index is -1.75. The van der Waals surface area contributed by atoms with Gasteiger partial charge < -0.3 is 45.0 Å². The zero-order valence-corrected chi connectivity index (χ0v) is 22.1. The van der Waals surface area contributed by atoms with Crippen molar-refractivity contribution in [2.45, 2.75) is 75.5 Å². The number of phenols is 3. The molecule has 11 heteroatoms. The van der Waals surface area contributed by atoms with Crippen LogP contribution in [0.15, 0.2) is 18.2 Å². The van der Waals surface area contributed by atoms with Gasteiger partial charge in [0.15, 0.2) is 12.1 Å². The van der Waals surface area contributed by atoms with E-state index in [1.54, 1.807) is 13.8 Å². The van der Waals surface area contributed by atoms with Crippen LogP contribution in [-0.4, -0.2) is 91.3 Å². The molecule has 0 radical (unpaired) electrons. The van der Waals surface area contributed by atoms with Gasteiger partial charge in [0.05, 0.1) is 40.6 Å². The van der Waals surface area contributed by atoms with Crippen molar-refractivity contribution in [2.75, 3.05) is 14.1 Å². The summed E-state index contributed by atoms with van der Waals surface area (Å²) in [5.41, 5.74) is -3.24. The van der Waals surface area contributed by atoms with Crippen LogP contribution in [0.25, 0.3) is 0 Å². The van der Waals surface area contributed by atoms with Gasteiger partial charge >= 0.3 is 0 Å². The van der Waals surface area contributed by atoms with E-state index in [-0.39, 0.29) is 42.0 Å². The number of phenolic OH excluding ortho intramolecular Hbond substituents is 3. The van der Waals surface area contributed by atoms with Crippen LogP contribution in [0.1, 0.15) is 88.3 Å². The molecule has 1 saturated heterocycles. The number of aromatic hydroxyl groups is 3. The van der Waals surface area contributed by atoms with Crippen molar-refractivity contribution in [1.29, 1.82) is 0 Å². The first-order valence-electron chi connectivity index (χ1n) is 12.9. The van der Waals surface area contributed by atoms with Gasteiger partial charge in [-0.1, -0.05) is 6.92 Å². The summed E-state index contributed by atoms with van der Waals surface area (Å²) in [6, 6.07) is 3.19. The van der Waals surface area contributed by atoms with Crippen LogP contribution in [0.2, 0.25) is 0 Å². The third kappa shape index (κ3) is 4.12. The monoisotopic (exact) mass is 543 g/mol. The molecule has 0 amide bonds. The first-order valence-corrected chi connectivity index (χ1v) is 12.9. The van der Waals surface area contributed by atoms with Gasteiger partial charge in [0.1, 0.15) is 23.4 Å². The standard InChI is InChI=1S/C28H33NO10/c1-5-28(37)10-17(39-18-9-14(29(3)4)23(32)11(2)38-18)12-8-13-19(25(34)20(12)27(28)36)26(35)22-16(31)7-6-15(30)21(22)24(13)33/h6-8,11,14,17-18,23,27,30-32,34,36-37H,5,9-10H2,1-4H3/t11-,14-,17-,18-,23+,27+,28+/m0/s1. The minimum Gasteiger partial charge on any atom is -0.507 e. The number of likely N-dealkylation sites (N-methyl/N-ethyl adjacent to an activating group) is 1. The number of aliphatic hydroxyl groups is 3. The topological polar surface area (TPSA) is 177 Å². The quantitative estimate of drug-likeness (QED) is 0.264. The van der Waals surface area contributed by atoms with Crippen molar-refractivity contribution in [3.8, 4) is 17.2 Å². The van der Waals surface area contributed by atoms with Crippen molar-refractivity contribution in [2.24, 2.45) is 0 Å². The lowest BCUT2D eigenvalue weighted by molar-refractivity contribution is -0.261. The number of hydrogen-bond acceptors (Lipinski definition) is 11. The molecule has 0 saturated carbocycles. The molecule has 0 unspecified atom stereocenters. The first-order chi connectivity index (χ1) is 18.3. The molecule has 1 fully saturated rings. The highest BCUT2D eigenvalue weighted by Gasteiger charge is 2.50. The molecule has 39 heavy (non-hydrogen) atoms. The average molecular weight is 544 g/mol. The molecule has 6 N–H and O–H groups in total. The highest BCUT2D eigenvalue weighted by Crippen LogP contribution is 2.53. The number of rotatable bonds is 4. The molecule has 5 rings (SSSR count). The first kappa shape index (κ1) is 27.5. The van der Waals surface area contributed by atoms with E-state index in [2.05, 4.69) is 0 Å². The summed E-state index contributed by atoms with van der Waals surface area (Å²) in [6.45, 7) is 3.37. The van der Waals surface area contributed by atoms with Gasteiger partial charge in [-0.15, -0.1) is 0 Å².